The summed E-state index contributed by atoms with van der Waals surface area (Å²) in [4.78, 5) is 11.9. The highest BCUT2D eigenvalue weighted by atomic mass is 32.2. The van der Waals surface area contributed by atoms with Crippen molar-refractivity contribution in [2.75, 3.05) is 0 Å². The molecule has 1 saturated carbocycles. The summed E-state index contributed by atoms with van der Waals surface area (Å²) in [6.07, 6.45) is 5.25. The Morgan fingerprint density at radius 3 is 2.59 bits per heavy atom. The maximum absolute atomic E-state index is 10.7. The third-order valence-corrected chi connectivity index (χ3v) is 4.60. The van der Waals surface area contributed by atoms with Crippen molar-refractivity contribution in [1.82, 2.24) is 0 Å². The van der Waals surface area contributed by atoms with E-state index in [1.165, 1.54) is 30.6 Å². The topological polar surface area (TPSA) is 37.3 Å². The highest BCUT2D eigenvalue weighted by Gasteiger charge is 2.19. The minimum atomic E-state index is -0.854. The van der Waals surface area contributed by atoms with Crippen molar-refractivity contribution in [3.8, 4) is 0 Å². The molecule has 2 nitrogen and oxygen atoms in total. The van der Waals surface area contributed by atoms with Gasteiger partial charge in [-0.05, 0) is 43.0 Å². The molecule has 1 aliphatic carbocycles. The summed E-state index contributed by atoms with van der Waals surface area (Å²) in [5, 5.41) is 9.53. The molecule has 0 bridgehead atoms. The van der Waals surface area contributed by atoms with Crippen LogP contribution in [0.2, 0.25) is 0 Å². The molecule has 0 spiro atoms. The van der Waals surface area contributed by atoms with Crippen molar-refractivity contribution in [2.24, 2.45) is 5.92 Å². The van der Waals surface area contributed by atoms with E-state index in [0.717, 1.165) is 5.92 Å². The van der Waals surface area contributed by atoms with Gasteiger partial charge >= 0.3 is 5.97 Å². The minimum Gasteiger partial charge on any atom is -0.478 e. The minimum absolute atomic E-state index is 0.367. The fraction of sp³-hybridized carbons (Fsp3) is 0.500. The number of thioether (sulfide) groups is 1. The van der Waals surface area contributed by atoms with Gasteiger partial charge in [0.05, 0.1) is 5.56 Å². The standard InChI is InChI=1S/C14H18O2S/c1-10-3-2-4-13(9-10)17-12-7-5-11(6-8-12)14(15)16/h5-8,10,13H,2-4,9H2,1H3,(H,15,16). The van der Waals surface area contributed by atoms with Crippen LogP contribution in [0.1, 0.15) is 43.0 Å². The lowest BCUT2D eigenvalue weighted by Crippen LogP contribution is -2.14. The zero-order chi connectivity index (χ0) is 12.3. The van der Waals surface area contributed by atoms with E-state index in [1.54, 1.807) is 12.1 Å². The van der Waals surface area contributed by atoms with Gasteiger partial charge in [0.25, 0.3) is 0 Å². The molecule has 1 aromatic rings. The van der Waals surface area contributed by atoms with Crippen molar-refractivity contribution >= 4 is 17.7 Å². The molecule has 0 aliphatic heterocycles. The van der Waals surface area contributed by atoms with Gasteiger partial charge in [0.1, 0.15) is 0 Å². The van der Waals surface area contributed by atoms with Gasteiger partial charge in [0.2, 0.25) is 0 Å². The van der Waals surface area contributed by atoms with Crippen LogP contribution in [0.3, 0.4) is 0 Å². The number of rotatable bonds is 3. The van der Waals surface area contributed by atoms with Gasteiger partial charge in [0, 0.05) is 10.1 Å². The zero-order valence-electron chi connectivity index (χ0n) is 10.1. The van der Waals surface area contributed by atoms with Crippen LogP contribution in [0.15, 0.2) is 29.2 Å². The highest BCUT2D eigenvalue weighted by molar-refractivity contribution is 8.00. The number of carboxylic acid groups (broad SMARTS) is 1. The molecule has 0 saturated heterocycles. The molecule has 2 atom stereocenters. The summed E-state index contributed by atoms with van der Waals surface area (Å²) in [5.41, 5.74) is 0.367. The van der Waals surface area contributed by atoms with Gasteiger partial charge in [0.15, 0.2) is 0 Å². The average molecular weight is 250 g/mol. The highest BCUT2D eigenvalue weighted by Crippen LogP contribution is 2.35. The largest absolute Gasteiger partial charge is 0.478 e. The van der Waals surface area contributed by atoms with Crippen LogP contribution < -0.4 is 0 Å². The third kappa shape index (κ3) is 3.50. The van der Waals surface area contributed by atoms with Crippen LogP contribution in [-0.4, -0.2) is 16.3 Å². The SMILES string of the molecule is CC1CCCC(Sc2ccc(C(=O)O)cc2)C1. The summed E-state index contributed by atoms with van der Waals surface area (Å²) in [6, 6.07) is 7.23. The van der Waals surface area contributed by atoms with Gasteiger partial charge in [-0.2, -0.15) is 0 Å². The van der Waals surface area contributed by atoms with E-state index in [2.05, 4.69) is 6.92 Å². The molecule has 0 radical (unpaired) electrons. The van der Waals surface area contributed by atoms with E-state index >= 15 is 0 Å². The predicted octanol–water partition coefficient (Wildman–Crippen LogP) is 4.06. The molecule has 1 aromatic carbocycles. The maximum Gasteiger partial charge on any atom is 0.335 e. The molecular formula is C14H18O2S. The summed E-state index contributed by atoms with van der Waals surface area (Å²) in [5.74, 6) is -0.0209. The lowest BCUT2D eigenvalue weighted by atomic mass is 9.91. The number of hydrogen-bond donors (Lipinski definition) is 1. The molecule has 2 rings (SSSR count). The molecule has 1 aliphatic rings. The molecule has 0 amide bonds. The zero-order valence-corrected chi connectivity index (χ0v) is 10.9. The fourth-order valence-electron chi connectivity index (χ4n) is 2.35. The second-order valence-corrected chi connectivity index (χ2v) is 6.21. The lowest BCUT2D eigenvalue weighted by Gasteiger charge is -2.26. The van der Waals surface area contributed by atoms with Crippen LogP contribution in [-0.2, 0) is 0 Å². The Hall–Kier alpha value is -0.960. The predicted molar refractivity (Wildman–Crippen MR) is 70.7 cm³/mol. The van der Waals surface area contributed by atoms with Crippen molar-refractivity contribution in [1.29, 1.82) is 0 Å². The summed E-state index contributed by atoms with van der Waals surface area (Å²) in [7, 11) is 0. The molecule has 1 fully saturated rings. The third-order valence-electron chi connectivity index (χ3n) is 3.29. The van der Waals surface area contributed by atoms with E-state index in [-0.39, 0.29) is 0 Å². The van der Waals surface area contributed by atoms with E-state index in [4.69, 9.17) is 5.11 Å². The van der Waals surface area contributed by atoms with Crippen LogP contribution in [0.5, 0.6) is 0 Å². The molecule has 3 heteroatoms. The van der Waals surface area contributed by atoms with Gasteiger partial charge in [-0.1, -0.05) is 19.8 Å². The van der Waals surface area contributed by atoms with Crippen molar-refractivity contribution in [3.05, 3.63) is 29.8 Å². The van der Waals surface area contributed by atoms with E-state index < -0.39 is 5.97 Å². The van der Waals surface area contributed by atoms with Gasteiger partial charge < -0.3 is 5.11 Å². The number of carbonyl (C=O) groups is 1. The maximum atomic E-state index is 10.7. The first-order valence-electron chi connectivity index (χ1n) is 6.15. The van der Waals surface area contributed by atoms with E-state index in [0.29, 0.717) is 10.8 Å². The van der Waals surface area contributed by atoms with Crippen molar-refractivity contribution < 1.29 is 9.90 Å². The van der Waals surface area contributed by atoms with Crippen molar-refractivity contribution in [2.45, 2.75) is 42.8 Å². The summed E-state index contributed by atoms with van der Waals surface area (Å²) in [6.45, 7) is 2.32. The lowest BCUT2D eigenvalue weighted by molar-refractivity contribution is 0.0697. The Balaban J connectivity index is 1.96. The molecule has 0 heterocycles. The summed E-state index contributed by atoms with van der Waals surface area (Å²) >= 11 is 1.90. The van der Waals surface area contributed by atoms with Crippen LogP contribution in [0.25, 0.3) is 0 Å². The van der Waals surface area contributed by atoms with Gasteiger partial charge in [-0.25, -0.2) is 4.79 Å². The second kappa shape index (κ2) is 5.58. The molecular weight excluding hydrogens is 232 g/mol. The van der Waals surface area contributed by atoms with Crippen LogP contribution >= 0.6 is 11.8 Å². The monoisotopic (exact) mass is 250 g/mol. The average Bonchev–Trinajstić information content (AvgIpc) is 2.29. The fourth-order valence-corrected chi connectivity index (χ4v) is 3.74. The molecule has 0 aromatic heterocycles. The Labute approximate surface area is 106 Å². The molecule has 1 N–H and O–H groups in total. The second-order valence-electron chi connectivity index (χ2n) is 4.84. The van der Waals surface area contributed by atoms with E-state index in [9.17, 15) is 4.79 Å². The Kier molecular flexibility index (Phi) is 4.11. The first kappa shape index (κ1) is 12.5. The smallest absolute Gasteiger partial charge is 0.335 e. The van der Waals surface area contributed by atoms with Crippen LogP contribution in [0.4, 0.5) is 0 Å². The number of aromatic carboxylic acids is 1. The Morgan fingerprint density at radius 1 is 1.29 bits per heavy atom. The van der Waals surface area contributed by atoms with Crippen LogP contribution in [0, 0.1) is 5.92 Å². The quantitative estimate of drug-likeness (QED) is 0.879. The summed E-state index contributed by atoms with van der Waals surface area (Å²) < 4.78 is 0. The number of hydrogen-bond acceptors (Lipinski definition) is 2. The molecule has 17 heavy (non-hydrogen) atoms. The first-order valence-corrected chi connectivity index (χ1v) is 7.03. The molecule has 92 valence electrons. The first-order chi connectivity index (χ1) is 8.15. The van der Waals surface area contributed by atoms with Gasteiger partial charge in [-0.15, -0.1) is 11.8 Å². The van der Waals surface area contributed by atoms with E-state index in [1.807, 2.05) is 23.9 Å². The Bertz CT molecular complexity index is 386. The Morgan fingerprint density at radius 2 is 2.00 bits per heavy atom. The normalized spacial score (nSPS) is 24.5. The van der Waals surface area contributed by atoms with Crippen molar-refractivity contribution in [3.63, 3.8) is 0 Å². The molecule has 2 unspecified atom stereocenters. The number of benzene rings is 1. The number of carboxylic acids is 1. The van der Waals surface area contributed by atoms with Gasteiger partial charge in [-0.3, -0.25) is 0 Å².